The van der Waals surface area contributed by atoms with Gasteiger partial charge in [-0.3, -0.25) is 9.59 Å². The maximum Gasteiger partial charge on any atom is 0.309 e. The Morgan fingerprint density at radius 1 is 1.23 bits per heavy atom. The van der Waals surface area contributed by atoms with Crippen molar-refractivity contribution >= 4 is 35.1 Å². The molecule has 3 rings (SSSR count). The van der Waals surface area contributed by atoms with Crippen molar-refractivity contribution < 1.29 is 14.3 Å². The highest BCUT2D eigenvalue weighted by atomic mass is 35.5. The van der Waals surface area contributed by atoms with E-state index in [2.05, 4.69) is 4.74 Å². The minimum absolute atomic E-state index is 0.00344. The zero-order valence-corrected chi connectivity index (χ0v) is 13.5. The van der Waals surface area contributed by atoms with E-state index in [0.717, 1.165) is 16.0 Å². The van der Waals surface area contributed by atoms with Crippen molar-refractivity contribution in [3.63, 3.8) is 0 Å². The minimum Gasteiger partial charge on any atom is -0.469 e. The number of methoxy groups -OCH3 is 1. The van der Waals surface area contributed by atoms with Gasteiger partial charge >= 0.3 is 5.97 Å². The molecule has 0 N–H and O–H groups in total. The smallest absolute Gasteiger partial charge is 0.309 e. The van der Waals surface area contributed by atoms with E-state index in [9.17, 15) is 9.59 Å². The molecule has 0 spiro atoms. The molecule has 0 unspecified atom stereocenters. The van der Waals surface area contributed by atoms with Crippen LogP contribution in [0.15, 0.2) is 41.3 Å². The van der Waals surface area contributed by atoms with E-state index in [0.29, 0.717) is 21.9 Å². The first-order chi connectivity index (χ1) is 10.6. The summed E-state index contributed by atoms with van der Waals surface area (Å²) in [7, 11) is 1.37. The monoisotopic (exact) mass is 332 g/mol. The summed E-state index contributed by atoms with van der Waals surface area (Å²) in [4.78, 5) is 25.0. The number of fused-ring (bicyclic) bond motifs is 2. The molecule has 2 aromatic carbocycles. The number of ether oxygens (including phenoxy) is 1. The number of carbonyl (C=O) groups excluding carboxylic acids is 2. The number of rotatable bonds is 2. The van der Waals surface area contributed by atoms with E-state index < -0.39 is 0 Å². The number of hydrogen-bond donors (Lipinski definition) is 0. The zero-order valence-electron chi connectivity index (χ0n) is 11.9. The second-order valence-corrected chi connectivity index (χ2v) is 6.46. The number of thioether (sulfide) groups is 1. The lowest BCUT2D eigenvalue weighted by Crippen LogP contribution is -2.07. The van der Waals surface area contributed by atoms with E-state index >= 15 is 0 Å². The number of esters is 1. The molecule has 0 amide bonds. The van der Waals surface area contributed by atoms with Gasteiger partial charge in [-0.1, -0.05) is 17.7 Å². The molecule has 1 aliphatic heterocycles. The SMILES string of the molecule is COC(=O)Cc1ccc2c(c1)SCc1cc(Cl)ccc1C2=O. The molecule has 5 heteroatoms. The van der Waals surface area contributed by atoms with Gasteiger partial charge < -0.3 is 4.74 Å². The van der Waals surface area contributed by atoms with Gasteiger partial charge in [0.05, 0.1) is 13.5 Å². The maximum absolute atomic E-state index is 12.7. The molecule has 1 aliphatic rings. The van der Waals surface area contributed by atoms with Crippen molar-refractivity contribution in [1.82, 2.24) is 0 Å². The first kappa shape index (κ1) is 15.1. The Labute approximate surface area is 137 Å². The van der Waals surface area contributed by atoms with Gasteiger partial charge in [0, 0.05) is 26.8 Å². The summed E-state index contributed by atoms with van der Waals surface area (Å²) in [6.45, 7) is 0. The summed E-state index contributed by atoms with van der Waals surface area (Å²) in [5, 5.41) is 0.629. The molecule has 0 aliphatic carbocycles. The van der Waals surface area contributed by atoms with Gasteiger partial charge in [0.1, 0.15) is 0 Å². The van der Waals surface area contributed by atoms with Crippen molar-refractivity contribution in [3.8, 4) is 0 Å². The van der Waals surface area contributed by atoms with Crippen LogP contribution in [0.3, 0.4) is 0 Å². The number of halogens is 1. The third kappa shape index (κ3) is 2.89. The van der Waals surface area contributed by atoms with E-state index in [1.807, 2.05) is 12.1 Å². The molecular weight excluding hydrogens is 320 g/mol. The number of carbonyl (C=O) groups is 2. The highest BCUT2D eigenvalue weighted by Crippen LogP contribution is 2.35. The number of benzene rings is 2. The first-order valence-electron chi connectivity index (χ1n) is 6.74. The summed E-state index contributed by atoms with van der Waals surface area (Å²) in [5.41, 5.74) is 3.14. The molecule has 0 radical (unpaired) electrons. The van der Waals surface area contributed by atoms with Crippen molar-refractivity contribution in [2.24, 2.45) is 0 Å². The lowest BCUT2D eigenvalue weighted by molar-refractivity contribution is -0.139. The summed E-state index contributed by atoms with van der Waals surface area (Å²) in [5.74, 6) is 0.382. The lowest BCUT2D eigenvalue weighted by atomic mass is 9.98. The zero-order chi connectivity index (χ0) is 15.7. The van der Waals surface area contributed by atoms with Gasteiger partial charge in [-0.2, -0.15) is 0 Å². The Hall–Kier alpha value is -1.78. The lowest BCUT2D eigenvalue weighted by Gasteiger charge is -2.07. The molecule has 0 fully saturated rings. The summed E-state index contributed by atoms with van der Waals surface area (Å²) in [6.07, 6.45) is 0.206. The predicted molar refractivity (Wildman–Crippen MR) is 86.6 cm³/mol. The van der Waals surface area contributed by atoms with Gasteiger partial charge in [-0.05, 0) is 41.5 Å². The molecule has 2 aromatic rings. The molecule has 3 nitrogen and oxygen atoms in total. The normalized spacial score (nSPS) is 13.1. The van der Waals surface area contributed by atoms with Crippen LogP contribution in [0, 0.1) is 0 Å². The quantitative estimate of drug-likeness (QED) is 0.782. The molecule has 112 valence electrons. The Bertz CT molecular complexity index is 770. The van der Waals surface area contributed by atoms with Crippen LogP contribution in [-0.2, 0) is 21.7 Å². The van der Waals surface area contributed by atoms with E-state index in [1.54, 1.807) is 36.0 Å². The molecular formula is C17H13ClO3S. The second kappa shape index (κ2) is 6.15. The van der Waals surface area contributed by atoms with Gasteiger partial charge in [-0.15, -0.1) is 11.8 Å². The number of hydrogen-bond acceptors (Lipinski definition) is 4. The van der Waals surface area contributed by atoms with Crippen LogP contribution in [0.5, 0.6) is 0 Å². The van der Waals surface area contributed by atoms with Crippen LogP contribution in [0.1, 0.15) is 27.0 Å². The van der Waals surface area contributed by atoms with Gasteiger partial charge in [-0.25, -0.2) is 0 Å². The van der Waals surface area contributed by atoms with Crippen LogP contribution in [0.4, 0.5) is 0 Å². The predicted octanol–water partition coefficient (Wildman–Crippen LogP) is 3.89. The standard InChI is InChI=1S/C17H13ClO3S/c1-21-16(19)7-10-2-4-14-15(6-10)22-9-11-8-12(18)3-5-13(11)17(14)20/h2-6,8H,7,9H2,1H3. The van der Waals surface area contributed by atoms with E-state index in [1.165, 1.54) is 7.11 Å². The molecule has 0 saturated carbocycles. The van der Waals surface area contributed by atoms with Crippen molar-refractivity contribution in [2.45, 2.75) is 17.1 Å². The van der Waals surface area contributed by atoms with Crippen LogP contribution in [0.25, 0.3) is 0 Å². The average molecular weight is 333 g/mol. The van der Waals surface area contributed by atoms with Crippen molar-refractivity contribution in [1.29, 1.82) is 0 Å². The fourth-order valence-corrected chi connectivity index (χ4v) is 3.72. The number of ketones is 1. The van der Waals surface area contributed by atoms with Crippen LogP contribution >= 0.6 is 23.4 Å². The largest absolute Gasteiger partial charge is 0.469 e. The van der Waals surface area contributed by atoms with Crippen molar-refractivity contribution in [3.05, 3.63) is 63.7 Å². The molecule has 0 atom stereocenters. The molecule has 1 heterocycles. The fraction of sp³-hybridized carbons (Fsp3) is 0.176. The van der Waals surface area contributed by atoms with Gasteiger partial charge in [0.15, 0.2) is 5.78 Å². The third-order valence-corrected chi connectivity index (χ3v) is 4.90. The third-order valence-electron chi connectivity index (χ3n) is 3.56. The van der Waals surface area contributed by atoms with E-state index in [-0.39, 0.29) is 18.2 Å². The highest BCUT2D eigenvalue weighted by molar-refractivity contribution is 7.98. The summed E-state index contributed by atoms with van der Waals surface area (Å²) in [6, 6.07) is 10.8. The summed E-state index contributed by atoms with van der Waals surface area (Å²) < 4.78 is 4.68. The average Bonchev–Trinajstić information content (AvgIpc) is 2.64. The van der Waals surface area contributed by atoms with Crippen LogP contribution in [0.2, 0.25) is 5.02 Å². The fourth-order valence-electron chi connectivity index (χ4n) is 2.43. The Morgan fingerprint density at radius 3 is 2.77 bits per heavy atom. The topological polar surface area (TPSA) is 43.4 Å². The molecule has 0 aromatic heterocycles. The Kier molecular flexibility index (Phi) is 4.23. The van der Waals surface area contributed by atoms with E-state index in [4.69, 9.17) is 11.6 Å². The van der Waals surface area contributed by atoms with Crippen LogP contribution < -0.4 is 0 Å². The van der Waals surface area contributed by atoms with Gasteiger partial charge in [0.2, 0.25) is 0 Å². The second-order valence-electron chi connectivity index (χ2n) is 5.00. The molecule has 22 heavy (non-hydrogen) atoms. The molecule has 0 bridgehead atoms. The Morgan fingerprint density at radius 2 is 2.00 bits per heavy atom. The van der Waals surface area contributed by atoms with Crippen molar-refractivity contribution in [2.75, 3.05) is 7.11 Å². The first-order valence-corrected chi connectivity index (χ1v) is 8.10. The summed E-state index contributed by atoms with van der Waals surface area (Å²) >= 11 is 7.60. The van der Waals surface area contributed by atoms with Crippen LogP contribution in [-0.4, -0.2) is 18.9 Å². The Balaban J connectivity index is 1.99. The molecule has 0 saturated heterocycles. The van der Waals surface area contributed by atoms with Gasteiger partial charge in [0.25, 0.3) is 0 Å². The highest BCUT2D eigenvalue weighted by Gasteiger charge is 2.22. The maximum atomic E-state index is 12.7. The minimum atomic E-state index is -0.292.